The summed E-state index contributed by atoms with van der Waals surface area (Å²) < 4.78 is 13.4. The van der Waals surface area contributed by atoms with Gasteiger partial charge in [0.05, 0.1) is 24.0 Å². The first-order valence-electron chi connectivity index (χ1n) is 9.73. The highest BCUT2D eigenvalue weighted by Gasteiger charge is 2.13. The summed E-state index contributed by atoms with van der Waals surface area (Å²) in [5.41, 5.74) is 5.46. The van der Waals surface area contributed by atoms with Gasteiger partial charge in [-0.25, -0.2) is 14.6 Å². The summed E-state index contributed by atoms with van der Waals surface area (Å²) in [6.45, 7) is 1.88. The van der Waals surface area contributed by atoms with Crippen molar-refractivity contribution in [3.05, 3.63) is 78.1 Å². The number of aromatic nitrogens is 6. The summed E-state index contributed by atoms with van der Waals surface area (Å²) in [7, 11) is -3.11. The van der Waals surface area contributed by atoms with E-state index in [1.807, 2.05) is 48.5 Å². The van der Waals surface area contributed by atoms with Gasteiger partial charge >= 0.3 is 0 Å². The summed E-state index contributed by atoms with van der Waals surface area (Å²) in [4.78, 5) is 23.1. The van der Waals surface area contributed by atoms with E-state index in [0.717, 1.165) is 27.6 Å². The lowest BCUT2D eigenvalue weighted by molar-refractivity contribution is 0.484. The molecule has 0 amide bonds. The fraction of sp³-hybridized carbons (Fsp3) is 0.136. The van der Waals surface area contributed by atoms with Gasteiger partial charge in [0.2, 0.25) is 13.0 Å². The van der Waals surface area contributed by atoms with E-state index in [1.165, 1.54) is 6.66 Å². The molecule has 0 radical (unpaired) electrons. The number of benzene rings is 2. The number of hydrogen-bond acceptors (Lipinski definition) is 6. The molecule has 1 N–H and O–H groups in total. The van der Waals surface area contributed by atoms with Gasteiger partial charge in [0.25, 0.3) is 0 Å². The standard InChI is InChI=1S/C22H19N6O2P/c1-31(29,30)14-15-4-7-17(8-5-15)20-12-24-21-22(25-20)28(27-26-21)13-16-6-9-19-18(11-16)3-2-10-23-19/h2-12H,13-14H2,1H3,(H,29,30). The van der Waals surface area contributed by atoms with E-state index in [4.69, 9.17) is 4.98 Å². The quantitative estimate of drug-likeness (QED) is 0.422. The smallest absolute Gasteiger partial charge is 0.221 e. The molecule has 154 valence electrons. The van der Waals surface area contributed by atoms with Crippen LogP contribution in [0.5, 0.6) is 0 Å². The van der Waals surface area contributed by atoms with Gasteiger partial charge in [-0.2, -0.15) is 0 Å². The van der Waals surface area contributed by atoms with Crippen LogP contribution < -0.4 is 0 Å². The van der Waals surface area contributed by atoms with Gasteiger partial charge in [-0.1, -0.05) is 41.6 Å². The molecule has 0 spiro atoms. The monoisotopic (exact) mass is 430 g/mol. The number of rotatable bonds is 5. The molecule has 1 atom stereocenters. The molecule has 2 aromatic carbocycles. The van der Waals surface area contributed by atoms with Crippen LogP contribution in [0, 0.1) is 0 Å². The lowest BCUT2D eigenvalue weighted by Gasteiger charge is -2.07. The number of fused-ring (bicyclic) bond motifs is 2. The molecule has 3 aromatic heterocycles. The second kappa shape index (κ2) is 7.65. The van der Waals surface area contributed by atoms with E-state index >= 15 is 0 Å². The highest BCUT2D eigenvalue weighted by Crippen LogP contribution is 2.39. The van der Waals surface area contributed by atoms with Crippen LogP contribution in [-0.4, -0.2) is 41.5 Å². The van der Waals surface area contributed by atoms with Crippen LogP contribution >= 0.6 is 7.37 Å². The first-order valence-corrected chi connectivity index (χ1v) is 12.0. The minimum Gasteiger partial charge on any atom is -0.344 e. The van der Waals surface area contributed by atoms with Crippen LogP contribution in [0.2, 0.25) is 0 Å². The Bertz CT molecular complexity index is 1440. The Hall–Kier alpha value is -3.48. The van der Waals surface area contributed by atoms with E-state index in [-0.39, 0.29) is 6.16 Å². The summed E-state index contributed by atoms with van der Waals surface area (Å²) in [6.07, 6.45) is 3.59. The van der Waals surface area contributed by atoms with E-state index in [9.17, 15) is 9.46 Å². The van der Waals surface area contributed by atoms with Gasteiger partial charge in [0, 0.05) is 30.0 Å². The maximum atomic E-state index is 11.6. The SMILES string of the molecule is CP(=O)(O)Cc1ccc(-c2cnc3nnn(Cc4ccc5ncccc5c4)c3n2)cc1. The third-order valence-electron chi connectivity index (χ3n) is 4.95. The first kappa shape index (κ1) is 19.5. The van der Waals surface area contributed by atoms with Gasteiger partial charge in [-0.05, 0) is 29.3 Å². The molecule has 31 heavy (non-hydrogen) atoms. The Morgan fingerprint density at radius 3 is 2.65 bits per heavy atom. The largest absolute Gasteiger partial charge is 0.344 e. The maximum Gasteiger partial charge on any atom is 0.221 e. The van der Waals surface area contributed by atoms with Crippen LogP contribution in [0.4, 0.5) is 0 Å². The lowest BCUT2D eigenvalue weighted by atomic mass is 10.1. The molecule has 0 saturated heterocycles. The van der Waals surface area contributed by atoms with Crippen molar-refractivity contribution in [1.29, 1.82) is 0 Å². The molecule has 8 nitrogen and oxygen atoms in total. The molecular weight excluding hydrogens is 411 g/mol. The second-order valence-electron chi connectivity index (χ2n) is 7.59. The minimum atomic E-state index is -3.11. The van der Waals surface area contributed by atoms with Crippen LogP contribution in [0.3, 0.4) is 0 Å². The molecule has 0 aliphatic heterocycles. The lowest BCUT2D eigenvalue weighted by Crippen LogP contribution is -2.03. The zero-order valence-corrected chi connectivity index (χ0v) is 17.6. The van der Waals surface area contributed by atoms with Crippen LogP contribution in [0.1, 0.15) is 11.1 Å². The summed E-state index contributed by atoms with van der Waals surface area (Å²) in [5.74, 6) is 0. The zero-order chi connectivity index (χ0) is 21.4. The highest BCUT2D eigenvalue weighted by molar-refractivity contribution is 7.56. The number of hydrogen-bond donors (Lipinski definition) is 1. The molecule has 0 fully saturated rings. The average molecular weight is 430 g/mol. The Kier molecular flexibility index (Phi) is 4.81. The van der Waals surface area contributed by atoms with Gasteiger partial charge in [-0.15, -0.1) is 5.10 Å². The fourth-order valence-corrected chi connectivity index (χ4v) is 4.41. The molecular formula is C22H19N6O2P. The van der Waals surface area contributed by atoms with Crippen LogP contribution in [-0.2, 0) is 17.3 Å². The topological polar surface area (TPSA) is 107 Å². The summed E-state index contributed by atoms with van der Waals surface area (Å²) in [6, 6.07) is 17.5. The normalized spacial score (nSPS) is 13.5. The summed E-state index contributed by atoms with van der Waals surface area (Å²) >= 11 is 0. The molecule has 5 aromatic rings. The number of nitrogens with zero attached hydrogens (tertiary/aromatic N) is 6. The third kappa shape index (κ3) is 4.21. The Morgan fingerprint density at radius 1 is 1.03 bits per heavy atom. The van der Waals surface area contributed by atoms with Crippen LogP contribution in [0.25, 0.3) is 33.5 Å². The Morgan fingerprint density at radius 2 is 1.84 bits per heavy atom. The average Bonchev–Trinajstić information content (AvgIpc) is 3.15. The molecule has 3 heterocycles. The Labute approximate surface area is 178 Å². The van der Waals surface area contributed by atoms with Crippen molar-refractivity contribution in [3.8, 4) is 11.3 Å². The first-order chi connectivity index (χ1) is 14.9. The minimum absolute atomic E-state index is 0.149. The second-order valence-corrected chi connectivity index (χ2v) is 10.0. The number of pyridine rings is 1. The maximum absolute atomic E-state index is 11.6. The van der Waals surface area contributed by atoms with Crippen molar-refractivity contribution in [2.24, 2.45) is 0 Å². The third-order valence-corrected chi connectivity index (χ3v) is 5.90. The van der Waals surface area contributed by atoms with Crippen molar-refractivity contribution in [1.82, 2.24) is 29.9 Å². The van der Waals surface area contributed by atoms with Crippen molar-refractivity contribution >= 4 is 29.6 Å². The van der Waals surface area contributed by atoms with Gasteiger partial charge in [-0.3, -0.25) is 9.55 Å². The molecule has 1 unspecified atom stereocenters. The molecule has 0 bridgehead atoms. The molecule has 0 aliphatic carbocycles. The highest BCUT2D eigenvalue weighted by atomic mass is 31.2. The van der Waals surface area contributed by atoms with Gasteiger partial charge in [0.1, 0.15) is 0 Å². The molecule has 9 heteroatoms. The predicted molar refractivity (Wildman–Crippen MR) is 119 cm³/mol. The fourth-order valence-electron chi connectivity index (χ4n) is 3.52. The van der Waals surface area contributed by atoms with E-state index in [0.29, 0.717) is 23.5 Å². The van der Waals surface area contributed by atoms with Crippen LogP contribution in [0.15, 0.2) is 67.0 Å². The molecule has 0 aliphatic rings. The van der Waals surface area contributed by atoms with E-state index in [2.05, 4.69) is 26.3 Å². The Balaban J connectivity index is 1.46. The zero-order valence-electron chi connectivity index (χ0n) is 16.8. The summed E-state index contributed by atoms with van der Waals surface area (Å²) in [5, 5.41) is 9.43. The predicted octanol–water partition coefficient (Wildman–Crippen LogP) is 3.89. The molecule has 0 saturated carbocycles. The molecule has 5 rings (SSSR count). The van der Waals surface area contributed by atoms with Crippen molar-refractivity contribution < 1.29 is 9.46 Å². The van der Waals surface area contributed by atoms with Crippen molar-refractivity contribution in [2.45, 2.75) is 12.7 Å². The van der Waals surface area contributed by atoms with Gasteiger partial charge < -0.3 is 4.89 Å². The van der Waals surface area contributed by atoms with Crippen molar-refractivity contribution in [2.75, 3.05) is 6.66 Å². The van der Waals surface area contributed by atoms with Gasteiger partial charge in [0.15, 0.2) is 5.65 Å². The van der Waals surface area contributed by atoms with E-state index < -0.39 is 7.37 Å². The van der Waals surface area contributed by atoms with Crippen molar-refractivity contribution in [3.63, 3.8) is 0 Å². The van der Waals surface area contributed by atoms with E-state index in [1.54, 1.807) is 17.1 Å².